The molecule has 1 aliphatic heterocycles. The minimum absolute atomic E-state index is 0.194. The molecule has 2 rings (SSSR count). The minimum Gasteiger partial charge on any atom is -0.383 e. The Morgan fingerprint density at radius 1 is 1.24 bits per heavy atom. The van der Waals surface area contributed by atoms with Crippen LogP contribution < -0.4 is 11.1 Å². The summed E-state index contributed by atoms with van der Waals surface area (Å²) >= 11 is 0. The van der Waals surface area contributed by atoms with Crippen molar-refractivity contribution in [2.75, 3.05) is 25.0 Å². The topological polar surface area (TPSA) is 41.3 Å². The number of hydrogen-bond acceptors (Lipinski definition) is 3. The summed E-state index contributed by atoms with van der Waals surface area (Å²) in [6, 6.07) is 8.91. The fourth-order valence-electron chi connectivity index (χ4n) is 2.21. The Kier molecular flexibility index (Phi) is 4.40. The van der Waals surface area contributed by atoms with Gasteiger partial charge in [-0.15, -0.1) is 0 Å². The SMILES string of the molecule is CC(N)CNc1ccc(CN2CCCC2)cc1. The lowest BCUT2D eigenvalue weighted by Crippen LogP contribution is -2.25. The summed E-state index contributed by atoms with van der Waals surface area (Å²) in [5.41, 5.74) is 8.27. The molecule has 1 heterocycles. The van der Waals surface area contributed by atoms with Gasteiger partial charge in [0.25, 0.3) is 0 Å². The molecule has 1 aromatic carbocycles. The Morgan fingerprint density at radius 3 is 2.47 bits per heavy atom. The first-order valence-electron chi connectivity index (χ1n) is 6.55. The highest BCUT2D eigenvalue weighted by molar-refractivity contribution is 5.44. The van der Waals surface area contributed by atoms with Gasteiger partial charge in [-0.05, 0) is 50.6 Å². The number of hydrogen-bond donors (Lipinski definition) is 2. The summed E-state index contributed by atoms with van der Waals surface area (Å²) in [5.74, 6) is 0. The summed E-state index contributed by atoms with van der Waals surface area (Å²) < 4.78 is 0. The molecule has 1 saturated heterocycles. The fourth-order valence-corrected chi connectivity index (χ4v) is 2.21. The number of rotatable bonds is 5. The van der Waals surface area contributed by atoms with Crippen LogP contribution in [0.2, 0.25) is 0 Å². The van der Waals surface area contributed by atoms with Crippen LogP contribution in [0.15, 0.2) is 24.3 Å². The van der Waals surface area contributed by atoms with Crippen LogP contribution >= 0.6 is 0 Å². The van der Waals surface area contributed by atoms with Gasteiger partial charge in [-0.3, -0.25) is 4.90 Å². The van der Waals surface area contributed by atoms with Gasteiger partial charge in [0.1, 0.15) is 0 Å². The quantitative estimate of drug-likeness (QED) is 0.818. The van der Waals surface area contributed by atoms with Gasteiger partial charge in [0.2, 0.25) is 0 Å². The summed E-state index contributed by atoms with van der Waals surface area (Å²) in [6.07, 6.45) is 2.71. The van der Waals surface area contributed by atoms with Gasteiger partial charge in [0.15, 0.2) is 0 Å². The molecule has 0 bridgehead atoms. The molecule has 94 valence electrons. The maximum atomic E-state index is 5.71. The van der Waals surface area contributed by atoms with Gasteiger partial charge in [-0.25, -0.2) is 0 Å². The van der Waals surface area contributed by atoms with Gasteiger partial charge in [0.05, 0.1) is 0 Å². The lowest BCUT2D eigenvalue weighted by molar-refractivity contribution is 0.331. The second kappa shape index (κ2) is 6.03. The molecule has 1 aromatic rings. The van der Waals surface area contributed by atoms with E-state index in [1.165, 1.54) is 31.5 Å². The number of benzene rings is 1. The Bertz CT molecular complexity index is 326. The van der Waals surface area contributed by atoms with E-state index in [2.05, 4.69) is 34.5 Å². The molecule has 17 heavy (non-hydrogen) atoms. The van der Waals surface area contributed by atoms with Gasteiger partial charge >= 0.3 is 0 Å². The third-order valence-electron chi connectivity index (χ3n) is 3.19. The minimum atomic E-state index is 0.194. The van der Waals surface area contributed by atoms with E-state index in [0.29, 0.717) is 0 Å². The van der Waals surface area contributed by atoms with Gasteiger partial charge in [0, 0.05) is 24.8 Å². The van der Waals surface area contributed by atoms with Crippen LogP contribution in [0.25, 0.3) is 0 Å². The van der Waals surface area contributed by atoms with E-state index in [1.54, 1.807) is 0 Å². The third-order valence-corrected chi connectivity index (χ3v) is 3.19. The van der Waals surface area contributed by atoms with E-state index in [4.69, 9.17) is 5.73 Å². The van der Waals surface area contributed by atoms with Gasteiger partial charge in [-0.2, -0.15) is 0 Å². The summed E-state index contributed by atoms with van der Waals surface area (Å²) in [6.45, 7) is 6.43. The molecular formula is C14H23N3. The van der Waals surface area contributed by atoms with Crippen molar-refractivity contribution in [3.05, 3.63) is 29.8 Å². The van der Waals surface area contributed by atoms with Crippen LogP contribution in [-0.4, -0.2) is 30.6 Å². The van der Waals surface area contributed by atoms with Crippen molar-refractivity contribution in [2.24, 2.45) is 5.73 Å². The van der Waals surface area contributed by atoms with E-state index in [1.807, 2.05) is 6.92 Å². The molecule has 1 atom stereocenters. The van der Waals surface area contributed by atoms with Gasteiger partial charge in [-0.1, -0.05) is 12.1 Å². The average Bonchev–Trinajstić information content (AvgIpc) is 2.81. The lowest BCUT2D eigenvalue weighted by atomic mass is 10.2. The predicted octanol–water partition coefficient (Wildman–Crippen LogP) is 2.04. The molecule has 1 aliphatic rings. The first-order chi connectivity index (χ1) is 8.24. The first kappa shape index (κ1) is 12.4. The van der Waals surface area contributed by atoms with Crippen LogP contribution in [0, 0.1) is 0 Å². The Hall–Kier alpha value is -1.06. The summed E-state index contributed by atoms with van der Waals surface area (Å²) in [7, 11) is 0. The number of nitrogens with two attached hydrogens (primary N) is 1. The molecule has 0 aromatic heterocycles. The molecule has 0 radical (unpaired) electrons. The molecule has 3 heteroatoms. The molecule has 1 unspecified atom stereocenters. The van der Waals surface area contributed by atoms with E-state index in [9.17, 15) is 0 Å². The Labute approximate surface area is 104 Å². The molecule has 3 N–H and O–H groups in total. The largest absolute Gasteiger partial charge is 0.383 e. The Balaban J connectivity index is 1.84. The molecule has 3 nitrogen and oxygen atoms in total. The van der Waals surface area contributed by atoms with Crippen LogP contribution in [0.4, 0.5) is 5.69 Å². The standard InChI is InChI=1S/C14H23N3/c1-12(15)10-16-14-6-4-13(5-7-14)11-17-8-2-3-9-17/h4-7,12,16H,2-3,8-11,15H2,1H3. The van der Waals surface area contributed by atoms with E-state index < -0.39 is 0 Å². The summed E-state index contributed by atoms with van der Waals surface area (Å²) in [4.78, 5) is 2.52. The van der Waals surface area contributed by atoms with Crippen molar-refractivity contribution in [3.63, 3.8) is 0 Å². The molecule has 0 amide bonds. The predicted molar refractivity (Wildman–Crippen MR) is 73.1 cm³/mol. The molecule has 0 saturated carbocycles. The lowest BCUT2D eigenvalue weighted by Gasteiger charge is -2.15. The van der Waals surface area contributed by atoms with E-state index in [0.717, 1.165) is 18.8 Å². The molecular weight excluding hydrogens is 210 g/mol. The van der Waals surface area contributed by atoms with Crippen LogP contribution in [0.5, 0.6) is 0 Å². The zero-order valence-corrected chi connectivity index (χ0v) is 10.7. The number of nitrogens with one attached hydrogen (secondary N) is 1. The zero-order chi connectivity index (χ0) is 12.1. The highest BCUT2D eigenvalue weighted by Gasteiger charge is 2.11. The van der Waals surface area contributed by atoms with Crippen molar-refractivity contribution in [2.45, 2.75) is 32.4 Å². The van der Waals surface area contributed by atoms with Crippen molar-refractivity contribution in [1.82, 2.24) is 4.90 Å². The average molecular weight is 233 g/mol. The number of likely N-dealkylation sites (tertiary alicyclic amines) is 1. The molecule has 0 aliphatic carbocycles. The molecule has 0 spiro atoms. The smallest absolute Gasteiger partial charge is 0.0340 e. The van der Waals surface area contributed by atoms with Crippen molar-refractivity contribution in [3.8, 4) is 0 Å². The second-order valence-electron chi connectivity index (χ2n) is 5.04. The number of nitrogens with zero attached hydrogens (tertiary/aromatic N) is 1. The van der Waals surface area contributed by atoms with Crippen molar-refractivity contribution < 1.29 is 0 Å². The van der Waals surface area contributed by atoms with Crippen LogP contribution in [0.1, 0.15) is 25.3 Å². The fraction of sp³-hybridized carbons (Fsp3) is 0.571. The maximum Gasteiger partial charge on any atom is 0.0340 e. The molecule has 1 fully saturated rings. The van der Waals surface area contributed by atoms with Gasteiger partial charge < -0.3 is 11.1 Å². The normalized spacial score (nSPS) is 18.2. The second-order valence-corrected chi connectivity index (χ2v) is 5.04. The highest BCUT2D eigenvalue weighted by Crippen LogP contribution is 2.15. The third kappa shape index (κ3) is 4.02. The summed E-state index contributed by atoms with van der Waals surface area (Å²) in [5, 5.41) is 3.33. The van der Waals surface area contributed by atoms with E-state index >= 15 is 0 Å². The maximum absolute atomic E-state index is 5.71. The Morgan fingerprint density at radius 2 is 1.88 bits per heavy atom. The van der Waals surface area contributed by atoms with E-state index in [-0.39, 0.29) is 6.04 Å². The van der Waals surface area contributed by atoms with Crippen molar-refractivity contribution in [1.29, 1.82) is 0 Å². The highest BCUT2D eigenvalue weighted by atomic mass is 15.1. The van der Waals surface area contributed by atoms with Crippen LogP contribution in [0.3, 0.4) is 0 Å². The zero-order valence-electron chi connectivity index (χ0n) is 10.7. The van der Waals surface area contributed by atoms with Crippen LogP contribution in [-0.2, 0) is 6.54 Å². The first-order valence-corrected chi connectivity index (χ1v) is 6.55. The monoisotopic (exact) mass is 233 g/mol. The number of anilines is 1. The van der Waals surface area contributed by atoms with Crippen molar-refractivity contribution >= 4 is 5.69 Å².